The van der Waals surface area contributed by atoms with Crippen molar-refractivity contribution in [1.29, 1.82) is 0 Å². The fourth-order valence-corrected chi connectivity index (χ4v) is 2.37. The SMILES string of the molecule is Cc1cc(NC(=O)CCCN)ccc1NC(=O)C1CCCO1. The predicted molar refractivity (Wildman–Crippen MR) is 85.7 cm³/mol. The van der Waals surface area contributed by atoms with Crippen LogP contribution in [0.4, 0.5) is 11.4 Å². The van der Waals surface area contributed by atoms with Gasteiger partial charge in [0.25, 0.3) is 5.91 Å². The van der Waals surface area contributed by atoms with Crippen molar-refractivity contribution in [3.05, 3.63) is 23.8 Å². The summed E-state index contributed by atoms with van der Waals surface area (Å²) in [5.74, 6) is -0.165. The van der Waals surface area contributed by atoms with Crippen molar-refractivity contribution in [3.63, 3.8) is 0 Å². The number of carbonyl (C=O) groups is 2. The van der Waals surface area contributed by atoms with Gasteiger partial charge in [0.1, 0.15) is 6.10 Å². The van der Waals surface area contributed by atoms with Gasteiger partial charge in [0, 0.05) is 24.4 Å². The molecule has 1 aliphatic rings. The Morgan fingerprint density at radius 2 is 2.18 bits per heavy atom. The van der Waals surface area contributed by atoms with E-state index in [4.69, 9.17) is 10.5 Å². The molecule has 120 valence electrons. The van der Waals surface area contributed by atoms with Gasteiger partial charge in [-0.3, -0.25) is 9.59 Å². The van der Waals surface area contributed by atoms with Gasteiger partial charge in [-0.2, -0.15) is 0 Å². The van der Waals surface area contributed by atoms with Crippen molar-refractivity contribution in [2.75, 3.05) is 23.8 Å². The molecule has 2 rings (SSSR count). The molecule has 0 aromatic heterocycles. The van der Waals surface area contributed by atoms with E-state index in [9.17, 15) is 9.59 Å². The molecule has 1 aromatic carbocycles. The first kappa shape index (κ1) is 16.5. The Morgan fingerprint density at radius 3 is 2.82 bits per heavy atom. The van der Waals surface area contributed by atoms with E-state index >= 15 is 0 Å². The van der Waals surface area contributed by atoms with Gasteiger partial charge in [0.05, 0.1) is 0 Å². The highest BCUT2D eigenvalue weighted by molar-refractivity contribution is 5.96. The van der Waals surface area contributed by atoms with Crippen LogP contribution in [0.25, 0.3) is 0 Å². The van der Waals surface area contributed by atoms with E-state index in [1.165, 1.54) is 0 Å². The predicted octanol–water partition coefficient (Wildman–Crippen LogP) is 1.79. The topological polar surface area (TPSA) is 93.5 Å². The fraction of sp³-hybridized carbons (Fsp3) is 0.500. The van der Waals surface area contributed by atoms with Gasteiger partial charge in [-0.25, -0.2) is 0 Å². The van der Waals surface area contributed by atoms with Crippen LogP contribution < -0.4 is 16.4 Å². The minimum absolute atomic E-state index is 0.0546. The van der Waals surface area contributed by atoms with Gasteiger partial charge >= 0.3 is 0 Å². The summed E-state index contributed by atoms with van der Waals surface area (Å²) in [6.07, 6.45) is 2.41. The fourth-order valence-electron chi connectivity index (χ4n) is 2.37. The Bertz CT molecular complexity index is 539. The van der Waals surface area contributed by atoms with Crippen molar-refractivity contribution in [1.82, 2.24) is 0 Å². The minimum atomic E-state index is -0.352. The maximum atomic E-state index is 12.0. The van der Waals surface area contributed by atoms with Crippen molar-refractivity contribution in [3.8, 4) is 0 Å². The van der Waals surface area contributed by atoms with E-state index < -0.39 is 0 Å². The number of rotatable bonds is 6. The molecule has 1 unspecified atom stereocenters. The Kier molecular flexibility index (Phi) is 5.91. The first-order valence-corrected chi connectivity index (χ1v) is 7.63. The molecule has 1 saturated heterocycles. The maximum absolute atomic E-state index is 12.0. The molecule has 0 spiro atoms. The van der Waals surface area contributed by atoms with E-state index in [1.54, 1.807) is 12.1 Å². The molecular weight excluding hydrogens is 282 g/mol. The number of hydrogen-bond donors (Lipinski definition) is 3. The first-order chi connectivity index (χ1) is 10.6. The van der Waals surface area contributed by atoms with Crippen LogP contribution in [0.2, 0.25) is 0 Å². The molecule has 6 nitrogen and oxygen atoms in total. The van der Waals surface area contributed by atoms with Gasteiger partial charge in [-0.1, -0.05) is 0 Å². The van der Waals surface area contributed by atoms with Gasteiger partial charge in [-0.15, -0.1) is 0 Å². The van der Waals surface area contributed by atoms with Gasteiger partial charge in [-0.05, 0) is 56.5 Å². The van der Waals surface area contributed by atoms with Crippen molar-refractivity contribution < 1.29 is 14.3 Å². The lowest BCUT2D eigenvalue weighted by Crippen LogP contribution is -2.27. The van der Waals surface area contributed by atoms with Gasteiger partial charge in [0.15, 0.2) is 0 Å². The van der Waals surface area contributed by atoms with Crippen LogP contribution >= 0.6 is 0 Å². The smallest absolute Gasteiger partial charge is 0.253 e. The summed E-state index contributed by atoms with van der Waals surface area (Å²) in [7, 11) is 0. The lowest BCUT2D eigenvalue weighted by Gasteiger charge is -2.13. The van der Waals surface area contributed by atoms with Crippen LogP contribution in [0.3, 0.4) is 0 Å². The second kappa shape index (κ2) is 7.91. The number of ether oxygens (including phenoxy) is 1. The molecule has 1 heterocycles. The van der Waals surface area contributed by atoms with E-state index in [0.717, 1.165) is 29.8 Å². The number of carbonyl (C=O) groups excluding carboxylic acids is 2. The summed E-state index contributed by atoms with van der Waals surface area (Å²) < 4.78 is 5.36. The number of nitrogens with two attached hydrogens (primary N) is 1. The molecular formula is C16H23N3O3. The highest BCUT2D eigenvalue weighted by atomic mass is 16.5. The largest absolute Gasteiger partial charge is 0.368 e. The summed E-state index contributed by atoms with van der Waals surface area (Å²) in [6, 6.07) is 5.41. The van der Waals surface area contributed by atoms with E-state index in [1.807, 2.05) is 13.0 Å². The van der Waals surface area contributed by atoms with Crippen molar-refractivity contribution in [2.24, 2.45) is 5.73 Å². The second-order valence-corrected chi connectivity index (χ2v) is 5.46. The lowest BCUT2D eigenvalue weighted by atomic mass is 10.1. The highest BCUT2D eigenvalue weighted by Gasteiger charge is 2.23. The monoisotopic (exact) mass is 305 g/mol. The second-order valence-electron chi connectivity index (χ2n) is 5.46. The third-order valence-electron chi connectivity index (χ3n) is 3.60. The summed E-state index contributed by atoms with van der Waals surface area (Å²) in [6.45, 7) is 3.03. The summed E-state index contributed by atoms with van der Waals surface area (Å²) >= 11 is 0. The molecule has 2 amide bonds. The minimum Gasteiger partial charge on any atom is -0.368 e. The van der Waals surface area contributed by atoms with Gasteiger partial charge in [0.2, 0.25) is 5.91 Å². The molecule has 1 fully saturated rings. The van der Waals surface area contributed by atoms with E-state index in [2.05, 4.69) is 10.6 Å². The first-order valence-electron chi connectivity index (χ1n) is 7.63. The third kappa shape index (κ3) is 4.54. The zero-order chi connectivity index (χ0) is 15.9. The van der Waals surface area contributed by atoms with Crippen LogP contribution in [0.1, 0.15) is 31.2 Å². The number of amides is 2. The molecule has 1 aromatic rings. The highest BCUT2D eigenvalue weighted by Crippen LogP contribution is 2.21. The molecule has 1 aliphatic heterocycles. The average molecular weight is 305 g/mol. The Labute approximate surface area is 130 Å². The maximum Gasteiger partial charge on any atom is 0.253 e. The van der Waals surface area contributed by atoms with Crippen LogP contribution in [-0.2, 0) is 14.3 Å². The Balaban J connectivity index is 1.94. The quantitative estimate of drug-likeness (QED) is 0.747. The van der Waals surface area contributed by atoms with Gasteiger partial charge < -0.3 is 21.1 Å². The Hall–Kier alpha value is -1.92. The summed E-state index contributed by atoms with van der Waals surface area (Å²) in [5.41, 5.74) is 7.73. The third-order valence-corrected chi connectivity index (χ3v) is 3.60. The normalized spacial score (nSPS) is 17.3. The molecule has 0 saturated carbocycles. The molecule has 4 N–H and O–H groups in total. The average Bonchev–Trinajstić information content (AvgIpc) is 3.02. The number of aryl methyl sites for hydroxylation is 1. The van der Waals surface area contributed by atoms with Crippen LogP contribution in [-0.4, -0.2) is 31.1 Å². The van der Waals surface area contributed by atoms with Crippen LogP contribution in [0.5, 0.6) is 0 Å². The molecule has 6 heteroatoms. The van der Waals surface area contributed by atoms with Crippen LogP contribution in [0, 0.1) is 6.92 Å². The zero-order valence-corrected chi connectivity index (χ0v) is 12.9. The van der Waals surface area contributed by atoms with Crippen molar-refractivity contribution in [2.45, 2.75) is 38.7 Å². The molecule has 0 bridgehead atoms. The van der Waals surface area contributed by atoms with E-state index in [0.29, 0.717) is 26.0 Å². The molecule has 1 atom stereocenters. The lowest BCUT2D eigenvalue weighted by molar-refractivity contribution is -0.124. The molecule has 0 radical (unpaired) electrons. The number of hydrogen-bond acceptors (Lipinski definition) is 4. The Morgan fingerprint density at radius 1 is 1.36 bits per heavy atom. The van der Waals surface area contributed by atoms with Crippen molar-refractivity contribution >= 4 is 23.2 Å². The standard InChI is InChI=1S/C16H23N3O3/c1-11-10-12(18-15(20)5-2-8-17)6-7-13(11)19-16(21)14-4-3-9-22-14/h6-7,10,14H,2-5,8-9,17H2,1H3,(H,18,20)(H,19,21). The van der Waals surface area contributed by atoms with E-state index in [-0.39, 0.29) is 17.9 Å². The zero-order valence-electron chi connectivity index (χ0n) is 12.9. The van der Waals surface area contributed by atoms with Crippen LogP contribution in [0.15, 0.2) is 18.2 Å². The molecule has 22 heavy (non-hydrogen) atoms. The summed E-state index contributed by atoms with van der Waals surface area (Å²) in [4.78, 5) is 23.7. The molecule has 0 aliphatic carbocycles. The number of anilines is 2. The summed E-state index contributed by atoms with van der Waals surface area (Å²) in [5, 5.41) is 5.70. The number of benzene rings is 1. The number of nitrogens with one attached hydrogen (secondary N) is 2.